The summed E-state index contributed by atoms with van der Waals surface area (Å²) in [5.41, 5.74) is 2.64. The molecule has 0 radical (unpaired) electrons. The number of methoxy groups -OCH3 is 1. The number of furan rings is 1. The van der Waals surface area contributed by atoms with Crippen LogP contribution in [0.15, 0.2) is 104 Å². The predicted octanol–water partition coefficient (Wildman–Crippen LogP) is 6.09. The molecule has 0 saturated heterocycles. The maximum absolute atomic E-state index is 13.7. The second-order valence-electron chi connectivity index (χ2n) is 9.41. The lowest BCUT2D eigenvalue weighted by molar-refractivity contribution is -0.130. The number of nitrogens with one attached hydrogen (secondary N) is 1. The molecule has 4 heterocycles. The van der Waals surface area contributed by atoms with Crippen molar-refractivity contribution in [1.82, 2.24) is 25.1 Å². The molecular formula is C30H25BrN6O4S2. The Morgan fingerprint density at radius 1 is 1.09 bits per heavy atom. The Bertz CT molecular complexity index is 1740. The van der Waals surface area contributed by atoms with Gasteiger partial charge in [0.05, 0.1) is 42.3 Å². The monoisotopic (exact) mass is 676 g/mol. The van der Waals surface area contributed by atoms with Crippen LogP contribution >= 0.6 is 39.0 Å². The third-order valence-corrected chi connectivity index (χ3v) is 9.10. The van der Waals surface area contributed by atoms with E-state index in [1.165, 1.54) is 18.0 Å². The molecule has 2 aromatic carbocycles. The van der Waals surface area contributed by atoms with Crippen molar-refractivity contribution in [3.05, 3.63) is 111 Å². The van der Waals surface area contributed by atoms with Crippen LogP contribution in [0.1, 0.15) is 39.3 Å². The number of ether oxygens (including phenoxy) is 1. The molecule has 0 aliphatic carbocycles. The molecule has 0 fully saturated rings. The van der Waals surface area contributed by atoms with Crippen LogP contribution < -0.4 is 10.1 Å². The van der Waals surface area contributed by atoms with Crippen molar-refractivity contribution in [1.29, 1.82) is 0 Å². The van der Waals surface area contributed by atoms with Gasteiger partial charge in [0.25, 0.3) is 11.8 Å². The molecular weight excluding hydrogens is 652 g/mol. The number of halogens is 1. The molecule has 1 atom stereocenters. The molecule has 0 bridgehead atoms. The fraction of sp³-hybridized carbons (Fsp3) is 0.167. The van der Waals surface area contributed by atoms with E-state index >= 15 is 0 Å². The number of hydrogen-bond donors (Lipinski definition) is 1. The maximum atomic E-state index is 13.7. The van der Waals surface area contributed by atoms with Crippen molar-refractivity contribution in [3.8, 4) is 11.4 Å². The molecule has 218 valence electrons. The Hall–Kier alpha value is -4.20. The fourth-order valence-corrected chi connectivity index (χ4v) is 6.43. The number of nitrogens with zero attached hydrogens (tertiary/aromatic N) is 5. The Morgan fingerprint density at radius 2 is 1.91 bits per heavy atom. The van der Waals surface area contributed by atoms with Crippen LogP contribution in [-0.4, -0.2) is 50.2 Å². The van der Waals surface area contributed by atoms with Gasteiger partial charge in [-0.2, -0.15) is 5.10 Å². The smallest absolute Gasteiger partial charge is 0.287 e. The van der Waals surface area contributed by atoms with Crippen LogP contribution in [0.5, 0.6) is 5.75 Å². The Balaban J connectivity index is 1.23. The molecule has 0 unspecified atom stereocenters. The highest BCUT2D eigenvalue weighted by Crippen LogP contribution is 2.35. The summed E-state index contributed by atoms with van der Waals surface area (Å²) in [7, 11) is 1.63. The number of benzene rings is 2. The van der Waals surface area contributed by atoms with E-state index in [-0.39, 0.29) is 35.9 Å². The molecule has 0 spiro atoms. The number of aromatic nitrogens is 3. The first-order valence-corrected chi connectivity index (χ1v) is 15.9. The number of rotatable bonds is 10. The molecule has 5 aromatic rings. The highest BCUT2D eigenvalue weighted by molar-refractivity contribution is 9.10. The van der Waals surface area contributed by atoms with Gasteiger partial charge in [-0.15, -0.1) is 21.5 Å². The van der Waals surface area contributed by atoms with Crippen molar-refractivity contribution < 1.29 is 18.7 Å². The van der Waals surface area contributed by atoms with Gasteiger partial charge in [-0.3, -0.25) is 14.2 Å². The summed E-state index contributed by atoms with van der Waals surface area (Å²) in [6.45, 7) is 0.108. The zero-order chi connectivity index (χ0) is 29.8. The van der Waals surface area contributed by atoms with Crippen LogP contribution in [-0.2, 0) is 11.3 Å². The van der Waals surface area contributed by atoms with Crippen molar-refractivity contribution in [2.45, 2.75) is 24.2 Å². The predicted molar refractivity (Wildman–Crippen MR) is 168 cm³/mol. The minimum atomic E-state index is -0.363. The van der Waals surface area contributed by atoms with Crippen LogP contribution in [0.4, 0.5) is 0 Å². The first-order valence-electron chi connectivity index (χ1n) is 13.2. The summed E-state index contributed by atoms with van der Waals surface area (Å²) < 4.78 is 13.3. The molecule has 43 heavy (non-hydrogen) atoms. The number of carbonyl (C=O) groups is 2. The minimum absolute atomic E-state index is 0.0846. The highest BCUT2D eigenvalue weighted by atomic mass is 79.9. The number of thioether (sulfide) groups is 1. The minimum Gasteiger partial charge on any atom is -0.497 e. The van der Waals surface area contributed by atoms with Gasteiger partial charge in [-0.25, -0.2) is 5.01 Å². The Morgan fingerprint density at radius 3 is 2.60 bits per heavy atom. The van der Waals surface area contributed by atoms with E-state index in [0.717, 1.165) is 32.1 Å². The van der Waals surface area contributed by atoms with Crippen molar-refractivity contribution in [2.75, 3.05) is 12.9 Å². The average molecular weight is 678 g/mol. The van der Waals surface area contributed by atoms with Gasteiger partial charge in [0.15, 0.2) is 16.7 Å². The summed E-state index contributed by atoms with van der Waals surface area (Å²) >= 11 is 6.34. The van der Waals surface area contributed by atoms with Crippen LogP contribution in [0, 0.1) is 0 Å². The quantitative estimate of drug-likeness (QED) is 0.178. The number of hydrazone groups is 1. The topological polar surface area (TPSA) is 115 Å². The van der Waals surface area contributed by atoms with Crippen LogP contribution in [0.2, 0.25) is 0 Å². The van der Waals surface area contributed by atoms with Gasteiger partial charge < -0.3 is 14.5 Å². The number of carbonyl (C=O) groups excluding carboxylic acids is 2. The van der Waals surface area contributed by atoms with E-state index < -0.39 is 0 Å². The van der Waals surface area contributed by atoms with E-state index in [1.54, 1.807) is 35.6 Å². The van der Waals surface area contributed by atoms with Crippen LogP contribution in [0.25, 0.3) is 5.69 Å². The maximum Gasteiger partial charge on any atom is 0.287 e. The molecule has 1 N–H and O–H groups in total. The van der Waals surface area contributed by atoms with Gasteiger partial charge in [0, 0.05) is 16.6 Å². The second kappa shape index (κ2) is 13.0. The Kier molecular flexibility index (Phi) is 8.72. The summed E-state index contributed by atoms with van der Waals surface area (Å²) in [5.74, 6) is 1.02. The van der Waals surface area contributed by atoms with Gasteiger partial charge in [-0.05, 0) is 65.5 Å². The first-order chi connectivity index (χ1) is 21.0. The molecule has 1 aliphatic rings. The van der Waals surface area contributed by atoms with E-state index in [2.05, 4.69) is 31.4 Å². The van der Waals surface area contributed by atoms with E-state index in [1.807, 2.05) is 70.6 Å². The van der Waals surface area contributed by atoms with E-state index in [9.17, 15) is 9.59 Å². The largest absolute Gasteiger partial charge is 0.497 e. The average Bonchev–Trinajstić information content (AvgIpc) is 3.86. The Labute approximate surface area is 263 Å². The molecule has 6 rings (SSSR count). The van der Waals surface area contributed by atoms with Gasteiger partial charge in [0.1, 0.15) is 5.75 Å². The lowest BCUT2D eigenvalue weighted by atomic mass is 10.0. The number of amides is 2. The number of thiophene rings is 1. The van der Waals surface area contributed by atoms with Gasteiger partial charge in [-0.1, -0.05) is 45.9 Å². The van der Waals surface area contributed by atoms with Gasteiger partial charge >= 0.3 is 0 Å². The summed E-state index contributed by atoms with van der Waals surface area (Å²) in [4.78, 5) is 27.3. The van der Waals surface area contributed by atoms with E-state index in [0.29, 0.717) is 17.4 Å². The third kappa shape index (κ3) is 6.43. The number of hydrogen-bond acceptors (Lipinski definition) is 9. The van der Waals surface area contributed by atoms with Crippen molar-refractivity contribution >= 4 is 56.6 Å². The fourth-order valence-electron chi connectivity index (χ4n) is 4.62. The third-order valence-electron chi connectivity index (χ3n) is 6.73. The zero-order valence-electron chi connectivity index (χ0n) is 22.8. The zero-order valence-corrected chi connectivity index (χ0v) is 26.1. The highest BCUT2D eigenvalue weighted by Gasteiger charge is 2.33. The molecule has 3 aromatic heterocycles. The molecule has 10 nitrogen and oxygen atoms in total. The van der Waals surface area contributed by atoms with E-state index in [4.69, 9.17) is 14.3 Å². The molecule has 2 amide bonds. The molecule has 13 heteroatoms. The molecule has 1 aliphatic heterocycles. The SMILES string of the molecule is COc1ccc([C@H]2CC(c3cccs3)=NN2C(=O)CSc2nnc(CNC(=O)c3ccco3)n2-c2ccc(Br)cc2)cc1. The van der Waals surface area contributed by atoms with Crippen molar-refractivity contribution in [3.63, 3.8) is 0 Å². The summed E-state index contributed by atoms with van der Waals surface area (Å²) in [6, 6.07) is 22.4. The summed E-state index contributed by atoms with van der Waals surface area (Å²) in [6.07, 6.45) is 2.05. The summed E-state index contributed by atoms with van der Waals surface area (Å²) in [5, 5.41) is 20.4. The lowest BCUT2D eigenvalue weighted by Crippen LogP contribution is -2.28. The standard InChI is InChI=1S/C30H25BrN6O4S2/c1-40-22-12-6-19(7-13-22)24-16-23(26-5-3-15-42-26)35-37(24)28(38)18-43-30-34-33-27(17-32-29(39)25-4-2-14-41-25)36(30)21-10-8-20(31)9-11-21/h2-15,24H,16-18H2,1H3,(H,32,39)/t24-/m1/s1. The molecule has 0 saturated carbocycles. The van der Waals surface area contributed by atoms with Gasteiger partial charge in [0.2, 0.25) is 0 Å². The normalized spacial score (nSPS) is 14.5. The lowest BCUT2D eigenvalue weighted by Gasteiger charge is -2.22. The van der Waals surface area contributed by atoms with Crippen LogP contribution in [0.3, 0.4) is 0 Å². The second-order valence-corrected chi connectivity index (χ2v) is 12.2. The van der Waals surface area contributed by atoms with Crippen molar-refractivity contribution in [2.24, 2.45) is 5.10 Å². The first kappa shape index (κ1) is 28.9.